The van der Waals surface area contributed by atoms with Gasteiger partial charge < -0.3 is 16.0 Å². The largest absolute Gasteiger partial charge is 0.343 e. The number of allylic oxidation sites excluding steroid dienone is 1. The molecular weight excluding hydrogens is 484 g/mol. The summed E-state index contributed by atoms with van der Waals surface area (Å²) < 4.78 is 1.44. The van der Waals surface area contributed by atoms with Gasteiger partial charge in [0.1, 0.15) is 17.4 Å². The van der Waals surface area contributed by atoms with E-state index in [2.05, 4.69) is 21.0 Å². The molecule has 0 bridgehead atoms. The number of amides is 2. The van der Waals surface area contributed by atoms with Gasteiger partial charge in [-0.2, -0.15) is 5.10 Å². The molecule has 38 heavy (non-hydrogen) atoms. The molecule has 5 rings (SSSR count). The smallest absolute Gasteiger partial charge is 0.275 e. The number of hydrogen-bond donors (Lipinski definition) is 3. The van der Waals surface area contributed by atoms with Gasteiger partial charge in [-0.25, -0.2) is 4.68 Å². The molecule has 0 saturated carbocycles. The third-order valence-corrected chi connectivity index (χ3v) is 6.28. The standard InChI is InChI=1S/C28H24N6O4/c1-17-12-14-20(15-13-17)31-27(35)22-16-29-33-25(21-10-6-7-11-23(21)34(37)38)24(18(2)30-26(22)33)28(36)32-19-8-4-3-5-9-19/h3-16,25,30H,1-2H3,(H,31,35)(H,32,36)/t25-/m1/s1. The fraction of sp³-hybridized carbons (Fsp3) is 0.107. The van der Waals surface area contributed by atoms with Gasteiger partial charge in [0, 0.05) is 23.1 Å². The first-order valence-corrected chi connectivity index (χ1v) is 11.9. The summed E-state index contributed by atoms with van der Waals surface area (Å²) in [4.78, 5) is 38.2. The first-order chi connectivity index (χ1) is 18.3. The minimum Gasteiger partial charge on any atom is -0.343 e. The number of rotatable bonds is 6. The molecule has 2 amide bonds. The average Bonchev–Trinajstić information content (AvgIpc) is 3.33. The van der Waals surface area contributed by atoms with Crippen LogP contribution in [0.4, 0.5) is 22.9 Å². The Morgan fingerprint density at radius 2 is 1.53 bits per heavy atom. The molecule has 1 aliphatic heterocycles. The second kappa shape index (κ2) is 10.0. The van der Waals surface area contributed by atoms with E-state index in [1.54, 1.807) is 61.5 Å². The Hall–Kier alpha value is -5.25. The zero-order chi connectivity index (χ0) is 26.8. The van der Waals surface area contributed by atoms with E-state index in [4.69, 9.17) is 0 Å². The SMILES string of the molecule is CC1=C(C(=O)Nc2ccccc2)[C@@H](c2ccccc2[N+](=O)[O-])n2ncc(C(=O)Nc3ccc(C)cc3)c2N1. The Bertz CT molecular complexity index is 1570. The van der Waals surface area contributed by atoms with Crippen molar-refractivity contribution in [3.63, 3.8) is 0 Å². The zero-order valence-electron chi connectivity index (χ0n) is 20.6. The Morgan fingerprint density at radius 3 is 2.24 bits per heavy atom. The average molecular weight is 509 g/mol. The zero-order valence-corrected chi connectivity index (χ0v) is 20.6. The normalized spacial score (nSPS) is 14.3. The van der Waals surface area contributed by atoms with Crippen molar-refractivity contribution in [3.8, 4) is 0 Å². The monoisotopic (exact) mass is 508 g/mol. The third kappa shape index (κ3) is 4.62. The maximum absolute atomic E-state index is 13.6. The number of nitro groups is 1. The number of fused-ring (bicyclic) bond motifs is 1. The quantitative estimate of drug-likeness (QED) is 0.240. The number of nitro benzene ring substituents is 1. The van der Waals surface area contributed by atoms with Gasteiger partial charge in [-0.05, 0) is 44.2 Å². The molecule has 0 unspecified atom stereocenters. The molecule has 0 spiro atoms. The summed E-state index contributed by atoms with van der Waals surface area (Å²) in [6.07, 6.45) is 1.39. The van der Waals surface area contributed by atoms with E-state index in [0.29, 0.717) is 22.9 Å². The second-order valence-corrected chi connectivity index (χ2v) is 8.87. The number of aryl methyl sites for hydroxylation is 1. The van der Waals surface area contributed by atoms with Crippen LogP contribution in [0, 0.1) is 17.0 Å². The number of nitrogens with zero attached hydrogens (tertiary/aromatic N) is 3. The molecule has 3 N–H and O–H groups in total. The fourth-order valence-electron chi connectivity index (χ4n) is 4.44. The molecule has 2 heterocycles. The summed E-state index contributed by atoms with van der Waals surface area (Å²) in [6, 6.07) is 21.5. The van der Waals surface area contributed by atoms with Gasteiger partial charge in [-0.1, -0.05) is 48.0 Å². The van der Waals surface area contributed by atoms with E-state index in [1.807, 2.05) is 25.1 Å². The maximum atomic E-state index is 13.6. The highest BCUT2D eigenvalue weighted by molar-refractivity contribution is 6.09. The Kier molecular flexibility index (Phi) is 6.44. The van der Waals surface area contributed by atoms with Gasteiger partial charge >= 0.3 is 0 Å². The van der Waals surface area contributed by atoms with E-state index in [0.717, 1.165) is 5.56 Å². The molecule has 0 saturated heterocycles. The highest BCUT2D eigenvalue weighted by Gasteiger charge is 2.38. The Balaban J connectivity index is 1.59. The van der Waals surface area contributed by atoms with Crippen molar-refractivity contribution in [2.24, 2.45) is 0 Å². The van der Waals surface area contributed by atoms with Crippen LogP contribution in [0.5, 0.6) is 0 Å². The minimum absolute atomic E-state index is 0.163. The van der Waals surface area contributed by atoms with Gasteiger partial charge in [0.25, 0.3) is 17.5 Å². The van der Waals surface area contributed by atoms with Crippen LogP contribution in [0.2, 0.25) is 0 Å². The Labute approximate surface area is 218 Å². The fourth-order valence-corrected chi connectivity index (χ4v) is 4.44. The molecule has 1 aromatic heterocycles. The highest BCUT2D eigenvalue weighted by Crippen LogP contribution is 2.41. The molecule has 4 aromatic rings. The number of carbonyl (C=O) groups excluding carboxylic acids is 2. The number of hydrogen-bond acceptors (Lipinski definition) is 6. The Morgan fingerprint density at radius 1 is 0.895 bits per heavy atom. The molecule has 10 nitrogen and oxygen atoms in total. The van der Waals surface area contributed by atoms with E-state index < -0.39 is 22.8 Å². The molecule has 1 atom stereocenters. The number of carbonyl (C=O) groups is 2. The number of para-hydroxylation sites is 2. The highest BCUT2D eigenvalue weighted by atomic mass is 16.6. The molecule has 10 heteroatoms. The van der Waals surface area contributed by atoms with Crippen molar-refractivity contribution in [3.05, 3.63) is 123 Å². The number of anilines is 3. The van der Waals surface area contributed by atoms with Gasteiger partial charge in [0.05, 0.1) is 22.3 Å². The van der Waals surface area contributed by atoms with E-state index in [-0.39, 0.29) is 22.4 Å². The van der Waals surface area contributed by atoms with E-state index in [9.17, 15) is 19.7 Å². The maximum Gasteiger partial charge on any atom is 0.275 e. The van der Waals surface area contributed by atoms with Crippen molar-refractivity contribution in [2.45, 2.75) is 19.9 Å². The third-order valence-electron chi connectivity index (χ3n) is 6.28. The molecule has 190 valence electrons. The summed E-state index contributed by atoms with van der Waals surface area (Å²) in [5.74, 6) is -0.531. The summed E-state index contributed by atoms with van der Waals surface area (Å²) in [5, 5.41) is 25.2. The lowest BCUT2D eigenvalue weighted by Crippen LogP contribution is -2.32. The van der Waals surface area contributed by atoms with Crippen LogP contribution < -0.4 is 16.0 Å². The van der Waals surface area contributed by atoms with Crippen molar-refractivity contribution in [1.29, 1.82) is 0 Å². The number of benzene rings is 3. The van der Waals surface area contributed by atoms with E-state index in [1.165, 1.54) is 16.9 Å². The van der Waals surface area contributed by atoms with Crippen LogP contribution in [0.1, 0.15) is 34.5 Å². The van der Waals surface area contributed by atoms with Crippen molar-refractivity contribution < 1.29 is 14.5 Å². The van der Waals surface area contributed by atoms with Crippen LogP contribution in [-0.2, 0) is 4.79 Å². The van der Waals surface area contributed by atoms with Crippen molar-refractivity contribution >= 4 is 34.7 Å². The first kappa shape index (κ1) is 24.4. The predicted octanol–water partition coefficient (Wildman–Crippen LogP) is 5.28. The second-order valence-electron chi connectivity index (χ2n) is 8.87. The van der Waals surface area contributed by atoms with Gasteiger partial charge in [-0.3, -0.25) is 19.7 Å². The van der Waals surface area contributed by atoms with Crippen LogP contribution >= 0.6 is 0 Å². The lowest BCUT2D eigenvalue weighted by atomic mass is 9.93. The molecule has 0 fully saturated rings. The van der Waals surface area contributed by atoms with Crippen LogP contribution in [0.25, 0.3) is 0 Å². The summed E-state index contributed by atoms with van der Waals surface area (Å²) in [5.41, 5.74) is 3.27. The summed E-state index contributed by atoms with van der Waals surface area (Å²) >= 11 is 0. The lowest BCUT2D eigenvalue weighted by molar-refractivity contribution is -0.385. The molecule has 0 aliphatic carbocycles. The molecule has 0 radical (unpaired) electrons. The van der Waals surface area contributed by atoms with Crippen LogP contribution in [0.3, 0.4) is 0 Å². The van der Waals surface area contributed by atoms with Crippen molar-refractivity contribution in [2.75, 3.05) is 16.0 Å². The number of nitrogens with one attached hydrogen (secondary N) is 3. The molecule has 3 aromatic carbocycles. The molecule has 1 aliphatic rings. The van der Waals surface area contributed by atoms with Crippen LogP contribution in [0.15, 0.2) is 96.3 Å². The number of aromatic nitrogens is 2. The topological polar surface area (TPSA) is 131 Å². The summed E-state index contributed by atoms with van der Waals surface area (Å²) in [6.45, 7) is 3.65. The summed E-state index contributed by atoms with van der Waals surface area (Å²) in [7, 11) is 0. The predicted molar refractivity (Wildman–Crippen MR) is 144 cm³/mol. The van der Waals surface area contributed by atoms with Crippen LogP contribution in [-0.4, -0.2) is 26.5 Å². The van der Waals surface area contributed by atoms with Gasteiger partial charge in [0.2, 0.25) is 0 Å². The first-order valence-electron chi connectivity index (χ1n) is 11.9. The molecular formula is C28H24N6O4. The minimum atomic E-state index is -0.961. The van der Waals surface area contributed by atoms with Gasteiger partial charge in [-0.15, -0.1) is 0 Å². The van der Waals surface area contributed by atoms with Gasteiger partial charge in [0.15, 0.2) is 0 Å². The van der Waals surface area contributed by atoms with Crippen molar-refractivity contribution in [1.82, 2.24) is 9.78 Å². The van der Waals surface area contributed by atoms with E-state index >= 15 is 0 Å². The lowest BCUT2D eigenvalue weighted by Gasteiger charge is -2.30.